The maximum Gasteiger partial charge on any atom is 0.319 e. The van der Waals surface area contributed by atoms with E-state index in [0.717, 1.165) is 17.7 Å². The molecule has 0 bridgehead atoms. The van der Waals surface area contributed by atoms with Crippen LogP contribution in [-0.4, -0.2) is 18.0 Å². The smallest absolute Gasteiger partial charge is 0.319 e. The lowest BCUT2D eigenvalue weighted by molar-refractivity contribution is -0.105. The molecule has 3 N–H and O–H groups in total. The summed E-state index contributed by atoms with van der Waals surface area (Å²) in [6.45, 7) is 3.92. The molecule has 5 heteroatoms. The number of hydrogen-bond donors (Lipinski definition) is 3. The Labute approximate surface area is 104 Å². The quantitative estimate of drug-likeness (QED) is 0.676. The summed E-state index contributed by atoms with van der Waals surface area (Å²) in [7, 11) is 0. The molecule has 0 aromatic heterocycles. The summed E-state index contributed by atoms with van der Waals surface area (Å²) in [4.78, 5) is 21.8. The molecular weight excluding hydrogens is 230 g/mol. The summed E-state index contributed by atoms with van der Waals surface area (Å²) in [5.74, 6) is 0. The van der Waals surface area contributed by atoms with Gasteiger partial charge in [0.25, 0.3) is 0 Å². The van der Waals surface area contributed by atoms with Gasteiger partial charge in [-0.25, -0.2) is 4.79 Å². The van der Waals surface area contributed by atoms with Crippen LogP contribution in [0, 0.1) is 0 Å². The summed E-state index contributed by atoms with van der Waals surface area (Å²) in [5, 5.41) is 8.28. The van der Waals surface area contributed by atoms with E-state index in [9.17, 15) is 9.59 Å². The second-order valence-corrected chi connectivity index (χ2v) is 4.74. The lowest BCUT2D eigenvalue weighted by Gasteiger charge is -2.22. The minimum Gasteiger partial charge on any atom is -0.329 e. The Kier molecular flexibility index (Phi) is 2.16. The minimum atomic E-state index is -0.404. The highest BCUT2D eigenvalue weighted by atomic mass is 16.2. The molecule has 1 heterocycles. The van der Waals surface area contributed by atoms with Crippen LogP contribution in [0.4, 0.5) is 10.5 Å². The monoisotopic (exact) mass is 243 g/mol. The van der Waals surface area contributed by atoms with Crippen molar-refractivity contribution in [3.8, 4) is 0 Å². The van der Waals surface area contributed by atoms with E-state index >= 15 is 0 Å². The SMILES string of the molecule is C=C1NC(=O)NC12Cc1ccc(NC=O)cc1C2. The third-order valence-electron chi connectivity index (χ3n) is 3.61. The highest BCUT2D eigenvalue weighted by Crippen LogP contribution is 2.37. The summed E-state index contributed by atoms with van der Waals surface area (Å²) >= 11 is 0. The highest BCUT2D eigenvalue weighted by Gasteiger charge is 2.45. The second-order valence-electron chi connectivity index (χ2n) is 4.74. The average Bonchev–Trinajstić information content (AvgIpc) is 2.79. The fraction of sp³-hybridized carbons (Fsp3) is 0.231. The van der Waals surface area contributed by atoms with Gasteiger partial charge in [-0.1, -0.05) is 12.6 Å². The number of benzene rings is 1. The van der Waals surface area contributed by atoms with Crippen LogP contribution < -0.4 is 16.0 Å². The van der Waals surface area contributed by atoms with Crippen LogP contribution >= 0.6 is 0 Å². The first-order chi connectivity index (χ1) is 8.63. The van der Waals surface area contributed by atoms with Crippen LogP contribution in [0.2, 0.25) is 0 Å². The molecule has 3 amide bonds. The molecule has 1 aliphatic carbocycles. The maximum atomic E-state index is 11.4. The Morgan fingerprint density at radius 1 is 1.33 bits per heavy atom. The van der Waals surface area contributed by atoms with Crippen molar-refractivity contribution in [3.05, 3.63) is 41.6 Å². The molecular formula is C13H13N3O2. The first kappa shape index (κ1) is 10.8. The van der Waals surface area contributed by atoms with Crippen LogP contribution in [0.3, 0.4) is 0 Å². The summed E-state index contributed by atoms with van der Waals surface area (Å²) in [5.41, 5.74) is 3.39. The summed E-state index contributed by atoms with van der Waals surface area (Å²) in [6, 6.07) is 5.59. The standard InChI is InChI=1S/C13H13N3O2/c1-8-13(16-12(18)15-8)5-9-2-3-11(14-7-17)4-10(9)6-13/h2-4,7H,1,5-6H2,(H,14,17)(H2,15,16,18). The molecule has 1 spiro atoms. The van der Waals surface area contributed by atoms with E-state index < -0.39 is 5.54 Å². The van der Waals surface area contributed by atoms with Gasteiger partial charge in [0.2, 0.25) is 6.41 Å². The van der Waals surface area contributed by atoms with Crippen molar-refractivity contribution >= 4 is 18.1 Å². The predicted molar refractivity (Wildman–Crippen MR) is 67.1 cm³/mol. The largest absolute Gasteiger partial charge is 0.329 e. The van der Waals surface area contributed by atoms with E-state index in [0.29, 0.717) is 18.5 Å². The zero-order chi connectivity index (χ0) is 12.8. The van der Waals surface area contributed by atoms with Gasteiger partial charge in [-0.3, -0.25) is 4.79 Å². The van der Waals surface area contributed by atoms with Gasteiger partial charge in [-0.05, 0) is 23.3 Å². The molecule has 3 rings (SSSR count). The van der Waals surface area contributed by atoms with E-state index in [1.807, 2.05) is 18.2 Å². The van der Waals surface area contributed by atoms with Crippen molar-refractivity contribution in [1.82, 2.24) is 10.6 Å². The number of fused-ring (bicyclic) bond motifs is 1. The highest BCUT2D eigenvalue weighted by molar-refractivity contribution is 5.82. The molecule has 1 atom stereocenters. The third-order valence-corrected chi connectivity index (χ3v) is 3.61. The first-order valence-electron chi connectivity index (χ1n) is 5.73. The average molecular weight is 243 g/mol. The lowest BCUT2D eigenvalue weighted by Crippen LogP contribution is -2.42. The molecule has 1 saturated heterocycles. The van der Waals surface area contributed by atoms with Gasteiger partial charge < -0.3 is 16.0 Å². The van der Waals surface area contributed by atoms with Crippen molar-refractivity contribution < 1.29 is 9.59 Å². The van der Waals surface area contributed by atoms with E-state index in [1.165, 1.54) is 5.56 Å². The van der Waals surface area contributed by atoms with Gasteiger partial charge in [0.05, 0.1) is 5.54 Å². The number of carbonyl (C=O) groups excluding carboxylic acids is 2. The number of carbonyl (C=O) groups is 2. The molecule has 1 fully saturated rings. The zero-order valence-electron chi connectivity index (χ0n) is 9.75. The van der Waals surface area contributed by atoms with Gasteiger partial charge in [-0.2, -0.15) is 0 Å². The molecule has 1 aromatic rings. The molecule has 2 aliphatic rings. The van der Waals surface area contributed by atoms with Gasteiger partial charge in [0, 0.05) is 24.2 Å². The van der Waals surface area contributed by atoms with E-state index in [2.05, 4.69) is 22.5 Å². The summed E-state index contributed by atoms with van der Waals surface area (Å²) < 4.78 is 0. The fourth-order valence-corrected chi connectivity index (χ4v) is 2.72. The van der Waals surface area contributed by atoms with Crippen molar-refractivity contribution in [2.75, 3.05) is 5.32 Å². The Hall–Kier alpha value is -2.30. The Morgan fingerprint density at radius 2 is 2.11 bits per heavy atom. The van der Waals surface area contributed by atoms with Crippen LogP contribution in [0.25, 0.3) is 0 Å². The molecule has 1 unspecified atom stereocenters. The van der Waals surface area contributed by atoms with Crippen LogP contribution in [0.15, 0.2) is 30.5 Å². The number of hydrogen-bond acceptors (Lipinski definition) is 2. The van der Waals surface area contributed by atoms with Crippen LogP contribution in [0.5, 0.6) is 0 Å². The molecule has 18 heavy (non-hydrogen) atoms. The topological polar surface area (TPSA) is 70.2 Å². The Bertz CT molecular complexity index is 567. The zero-order valence-corrected chi connectivity index (χ0v) is 9.75. The van der Waals surface area contributed by atoms with Gasteiger partial charge >= 0.3 is 6.03 Å². The number of urea groups is 1. The van der Waals surface area contributed by atoms with Crippen molar-refractivity contribution in [1.29, 1.82) is 0 Å². The van der Waals surface area contributed by atoms with Crippen molar-refractivity contribution in [2.24, 2.45) is 0 Å². The molecule has 1 aliphatic heterocycles. The van der Waals surface area contributed by atoms with E-state index in [4.69, 9.17) is 0 Å². The number of amides is 3. The lowest BCUT2D eigenvalue weighted by atomic mass is 9.94. The first-order valence-corrected chi connectivity index (χ1v) is 5.73. The molecule has 92 valence electrons. The third kappa shape index (κ3) is 1.48. The number of rotatable bonds is 2. The van der Waals surface area contributed by atoms with Gasteiger partial charge in [0.15, 0.2) is 0 Å². The van der Waals surface area contributed by atoms with Crippen molar-refractivity contribution in [3.63, 3.8) is 0 Å². The van der Waals surface area contributed by atoms with Gasteiger partial charge in [0.1, 0.15) is 0 Å². The van der Waals surface area contributed by atoms with Gasteiger partial charge in [-0.15, -0.1) is 0 Å². The number of anilines is 1. The van der Waals surface area contributed by atoms with Crippen molar-refractivity contribution in [2.45, 2.75) is 18.4 Å². The van der Waals surface area contributed by atoms with E-state index in [1.54, 1.807) is 0 Å². The fourth-order valence-electron chi connectivity index (χ4n) is 2.72. The normalized spacial score (nSPS) is 24.7. The van der Waals surface area contributed by atoms with Crippen LogP contribution in [0.1, 0.15) is 11.1 Å². The molecule has 0 saturated carbocycles. The Morgan fingerprint density at radius 3 is 2.78 bits per heavy atom. The molecule has 0 radical (unpaired) electrons. The summed E-state index contributed by atoms with van der Waals surface area (Å²) in [6.07, 6.45) is 2.10. The van der Waals surface area contributed by atoms with Crippen LogP contribution in [-0.2, 0) is 17.6 Å². The number of nitrogens with one attached hydrogen (secondary N) is 3. The Balaban J connectivity index is 1.93. The predicted octanol–water partition coefficient (Wildman–Crippen LogP) is 0.919. The van der Waals surface area contributed by atoms with E-state index in [-0.39, 0.29) is 6.03 Å². The molecule has 1 aromatic carbocycles. The minimum absolute atomic E-state index is 0.195. The molecule has 5 nitrogen and oxygen atoms in total. The maximum absolute atomic E-state index is 11.4. The second kappa shape index (κ2) is 3.60.